The summed E-state index contributed by atoms with van der Waals surface area (Å²) in [7, 11) is -1.01. The zero-order chi connectivity index (χ0) is 31.6. The van der Waals surface area contributed by atoms with Crippen LogP contribution in [0.3, 0.4) is 0 Å². The van der Waals surface area contributed by atoms with Gasteiger partial charge in [-0.15, -0.1) is 0 Å². The highest BCUT2D eigenvalue weighted by molar-refractivity contribution is 7.89. The van der Waals surface area contributed by atoms with Crippen molar-refractivity contribution in [3.05, 3.63) is 90.3 Å². The van der Waals surface area contributed by atoms with Crippen molar-refractivity contribution in [2.24, 2.45) is 0 Å². The minimum atomic E-state index is -3.96. The molecule has 6 rings (SSSR count). The van der Waals surface area contributed by atoms with Crippen molar-refractivity contribution in [1.29, 1.82) is 0 Å². The highest BCUT2D eigenvalue weighted by Gasteiger charge is 2.30. The molecule has 45 heavy (non-hydrogen) atoms. The quantitative estimate of drug-likeness (QED) is 0.144. The third-order valence-electron chi connectivity index (χ3n) is 7.23. The molecule has 0 spiro atoms. The zero-order valence-electron chi connectivity index (χ0n) is 24.4. The molecule has 1 fully saturated rings. The van der Waals surface area contributed by atoms with E-state index in [1.165, 1.54) is 32.5 Å². The Hall–Kier alpha value is -5.27. The number of sulfonamides is 1. The Morgan fingerprint density at radius 3 is 2.44 bits per heavy atom. The average molecular weight is 627 g/mol. The number of aromatic carboxylic acids is 1. The number of anilines is 3. The first-order valence-corrected chi connectivity index (χ1v) is 15.6. The van der Waals surface area contributed by atoms with Crippen molar-refractivity contribution in [3.63, 3.8) is 0 Å². The Balaban J connectivity index is 1.44. The van der Waals surface area contributed by atoms with Crippen LogP contribution in [0.15, 0.2) is 84.0 Å². The van der Waals surface area contributed by atoms with E-state index < -0.39 is 16.0 Å². The molecule has 1 saturated carbocycles. The van der Waals surface area contributed by atoms with Gasteiger partial charge in [0.1, 0.15) is 4.90 Å². The molecule has 1 aliphatic rings. The van der Waals surface area contributed by atoms with Crippen molar-refractivity contribution in [1.82, 2.24) is 19.7 Å². The topological polar surface area (TPSA) is 165 Å². The molecule has 4 N–H and O–H groups in total. The van der Waals surface area contributed by atoms with E-state index in [2.05, 4.69) is 30.3 Å². The SMILES string of the molecule is COc1ncc(-c2ccc3c(Nc4cc(NCc5ccccc5)cc(C(=O)O)c4)c(S(=O)(=O)NC4CC4)cnc3c2)c(OC)n1. The number of ether oxygens (including phenoxy) is 2. The third kappa shape index (κ3) is 6.64. The van der Waals surface area contributed by atoms with Gasteiger partial charge in [-0.05, 0) is 48.2 Å². The highest BCUT2D eigenvalue weighted by Crippen LogP contribution is 2.37. The largest absolute Gasteiger partial charge is 0.480 e. The monoisotopic (exact) mass is 626 g/mol. The predicted octanol–water partition coefficient (Wildman–Crippen LogP) is 5.20. The summed E-state index contributed by atoms with van der Waals surface area (Å²) < 4.78 is 40.3. The van der Waals surface area contributed by atoms with Gasteiger partial charge in [0.15, 0.2) is 0 Å². The molecule has 0 atom stereocenters. The lowest BCUT2D eigenvalue weighted by molar-refractivity contribution is 0.0697. The fourth-order valence-electron chi connectivity index (χ4n) is 4.83. The number of benzene rings is 3. The lowest BCUT2D eigenvalue weighted by Crippen LogP contribution is -2.26. The van der Waals surface area contributed by atoms with Gasteiger partial charge in [0.25, 0.3) is 0 Å². The van der Waals surface area contributed by atoms with Crippen molar-refractivity contribution >= 4 is 44.0 Å². The Labute approximate surface area is 259 Å². The van der Waals surface area contributed by atoms with Gasteiger partial charge >= 0.3 is 12.0 Å². The Morgan fingerprint density at radius 1 is 0.956 bits per heavy atom. The summed E-state index contributed by atoms with van der Waals surface area (Å²) in [6.45, 7) is 0.466. The molecule has 0 aliphatic heterocycles. The van der Waals surface area contributed by atoms with Crippen LogP contribution in [0.4, 0.5) is 17.1 Å². The number of carbonyl (C=O) groups is 1. The molecule has 0 radical (unpaired) electrons. The third-order valence-corrected chi connectivity index (χ3v) is 8.76. The van der Waals surface area contributed by atoms with Gasteiger partial charge < -0.3 is 25.2 Å². The van der Waals surface area contributed by atoms with Crippen LogP contribution in [0, 0.1) is 0 Å². The summed E-state index contributed by atoms with van der Waals surface area (Å²) in [5, 5.41) is 16.8. The number of hydrogen-bond acceptors (Lipinski definition) is 10. The fraction of sp³-hybridized carbons (Fsp3) is 0.188. The second-order valence-electron chi connectivity index (χ2n) is 10.5. The van der Waals surface area contributed by atoms with Gasteiger partial charge in [-0.1, -0.05) is 42.5 Å². The normalized spacial score (nSPS) is 12.9. The lowest BCUT2D eigenvalue weighted by atomic mass is 10.0. The maximum Gasteiger partial charge on any atom is 0.335 e. The van der Waals surface area contributed by atoms with Crippen molar-refractivity contribution in [2.45, 2.75) is 30.3 Å². The number of aromatic nitrogens is 3. The summed E-state index contributed by atoms with van der Waals surface area (Å²) in [4.78, 5) is 25.0. The average Bonchev–Trinajstić information content (AvgIpc) is 3.87. The van der Waals surface area contributed by atoms with Gasteiger partial charge in [0.05, 0.1) is 36.6 Å². The van der Waals surface area contributed by atoms with Gasteiger partial charge in [-0.3, -0.25) is 4.98 Å². The number of methoxy groups -OCH3 is 2. The Morgan fingerprint density at radius 2 is 1.73 bits per heavy atom. The molecule has 230 valence electrons. The van der Waals surface area contributed by atoms with Gasteiger partial charge in [-0.2, -0.15) is 4.98 Å². The van der Waals surface area contributed by atoms with E-state index in [4.69, 9.17) is 9.47 Å². The summed E-state index contributed by atoms with van der Waals surface area (Å²) >= 11 is 0. The Kier molecular flexibility index (Phi) is 8.20. The molecule has 0 amide bonds. The van der Waals surface area contributed by atoms with E-state index in [9.17, 15) is 18.3 Å². The first kappa shape index (κ1) is 29.8. The number of rotatable bonds is 12. The van der Waals surface area contributed by atoms with Gasteiger partial charge in [0, 0.05) is 41.7 Å². The second-order valence-corrected chi connectivity index (χ2v) is 12.2. The molecular formula is C32H30N6O6S. The van der Waals surface area contributed by atoms with E-state index in [1.807, 2.05) is 30.3 Å². The summed E-state index contributed by atoms with van der Waals surface area (Å²) in [6, 6.07) is 19.7. The molecular weight excluding hydrogens is 596 g/mol. The highest BCUT2D eigenvalue weighted by atomic mass is 32.2. The van der Waals surface area contributed by atoms with Crippen molar-refractivity contribution in [3.8, 4) is 23.0 Å². The second kappa shape index (κ2) is 12.4. The van der Waals surface area contributed by atoms with E-state index in [-0.39, 0.29) is 28.2 Å². The van der Waals surface area contributed by atoms with E-state index in [1.54, 1.807) is 30.5 Å². The summed E-state index contributed by atoms with van der Waals surface area (Å²) in [5.41, 5.74) is 4.00. The van der Waals surface area contributed by atoms with Crippen LogP contribution in [0.2, 0.25) is 0 Å². The number of fused-ring (bicyclic) bond motifs is 1. The number of hydrogen-bond donors (Lipinski definition) is 4. The maximum absolute atomic E-state index is 13.5. The number of nitrogens with zero attached hydrogens (tertiary/aromatic N) is 3. The van der Waals surface area contributed by atoms with Crippen LogP contribution in [0.5, 0.6) is 11.9 Å². The van der Waals surface area contributed by atoms with Crippen LogP contribution in [-0.2, 0) is 16.6 Å². The Bertz CT molecular complexity index is 2000. The minimum absolute atomic E-state index is 0.0309. The molecule has 2 aromatic heterocycles. The van der Waals surface area contributed by atoms with Crippen LogP contribution in [0.1, 0.15) is 28.8 Å². The molecule has 0 saturated heterocycles. The summed E-state index contributed by atoms with van der Waals surface area (Å²) in [5.74, 6) is -0.821. The van der Waals surface area contributed by atoms with E-state index >= 15 is 0 Å². The minimum Gasteiger partial charge on any atom is -0.480 e. The van der Waals surface area contributed by atoms with Gasteiger partial charge in [-0.25, -0.2) is 22.9 Å². The van der Waals surface area contributed by atoms with E-state index in [0.29, 0.717) is 45.8 Å². The summed E-state index contributed by atoms with van der Waals surface area (Å²) in [6.07, 6.45) is 4.39. The smallest absolute Gasteiger partial charge is 0.335 e. The first-order chi connectivity index (χ1) is 21.7. The van der Waals surface area contributed by atoms with Crippen LogP contribution in [0.25, 0.3) is 22.0 Å². The van der Waals surface area contributed by atoms with E-state index in [0.717, 1.165) is 18.4 Å². The predicted molar refractivity (Wildman–Crippen MR) is 170 cm³/mol. The maximum atomic E-state index is 13.5. The molecule has 12 nitrogen and oxygen atoms in total. The molecule has 0 unspecified atom stereocenters. The molecule has 1 aliphatic carbocycles. The molecule has 3 aromatic carbocycles. The van der Waals surface area contributed by atoms with Crippen LogP contribution in [-0.4, -0.2) is 54.7 Å². The fourth-order valence-corrected chi connectivity index (χ4v) is 6.25. The molecule has 0 bridgehead atoms. The first-order valence-electron chi connectivity index (χ1n) is 14.1. The van der Waals surface area contributed by atoms with Crippen molar-refractivity contribution < 1.29 is 27.8 Å². The molecule has 13 heteroatoms. The molecule has 5 aromatic rings. The number of carboxylic acids is 1. The zero-order valence-corrected chi connectivity index (χ0v) is 25.3. The molecule has 2 heterocycles. The standard InChI is InChI=1S/C32H30N6O6S/c1-43-30-26(17-35-32(37-30)44-2)20-8-11-25-27(14-20)34-18-28(45(41,42)38-22-9-10-22)29(25)36-24-13-21(31(39)40)12-23(15-24)33-16-19-6-4-3-5-7-19/h3-8,11-15,17-18,22,33,38H,9-10,16H2,1-2H3,(H,34,36)(H,39,40). The number of carboxylic acid groups (broad SMARTS) is 1. The van der Waals surface area contributed by atoms with Crippen LogP contribution >= 0.6 is 0 Å². The van der Waals surface area contributed by atoms with Crippen LogP contribution < -0.4 is 24.8 Å². The number of nitrogens with one attached hydrogen (secondary N) is 3. The lowest BCUT2D eigenvalue weighted by Gasteiger charge is -2.18. The van der Waals surface area contributed by atoms with Crippen molar-refractivity contribution in [2.75, 3.05) is 24.9 Å². The van der Waals surface area contributed by atoms with Gasteiger partial charge in [0.2, 0.25) is 15.9 Å². The number of pyridine rings is 1.